The third-order valence-corrected chi connectivity index (χ3v) is 3.00. The summed E-state index contributed by atoms with van der Waals surface area (Å²) in [7, 11) is 0. The number of nitrogens with one attached hydrogen (secondary N) is 2. The molecule has 0 amide bonds. The maximum atomic E-state index is 5.66. The van der Waals surface area contributed by atoms with Crippen LogP contribution in [0.5, 0.6) is 0 Å². The van der Waals surface area contributed by atoms with Crippen molar-refractivity contribution >= 4 is 11.8 Å². The lowest BCUT2D eigenvalue weighted by Gasteiger charge is -2.08. The van der Waals surface area contributed by atoms with E-state index in [9.17, 15) is 0 Å². The molecule has 2 N–H and O–H groups in total. The summed E-state index contributed by atoms with van der Waals surface area (Å²) in [6, 6.07) is 4.16. The van der Waals surface area contributed by atoms with Gasteiger partial charge in [-0.15, -0.1) is 0 Å². The summed E-state index contributed by atoms with van der Waals surface area (Å²) < 4.78 is 5.66. The lowest BCUT2D eigenvalue weighted by molar-refractivity contribution is 0.437. The van der Waals surface area contributed by atoms with Crippen LogP contribution in [0.1, 0.15) is 30.3 Å². The van der Waals surface area contributed by atoms with E-state index in [0.717, 1.165) is 23.1 Å². The van der Waals surface area contributed by atoms with Crippen molar-refractivity contribution in [3.05, 3.63) is 35.8 Å². The van der Waals surface area contributed by atoms with Gasteiger partial charge in [0.15, 0.2) is 0 Å². The Morgan fingerprint density at radius 2 is 2.29 bits per heavy atom. The van der Waals surface area contributed by atoms with E-state index in [-0.39, 0.29) is 6.04 Å². The van der Waals surface area contributed by atoms with Crippen LogP contribution in [0.25, 0.3) is 0 Å². The molecule has 0 bridgehead atoms. The number of H-pyrrole nitrogens is 1. The minimum Gasteiger partial charge on any atom is -0.464 e. The Balaban J connectivity index is 1.84. The minimum absolute atomic E-state index is 0.131. The highest BCUT2D eigenvalue weighted by Crippen LogP contribution is 2.14. The fraction of sp³-hybridized carbons (Fsp3) is 0.455. The summed E-state index contributed by atoms with van der Waals surface area (Å²) in [5.74, 6) is 3.71. The average Bonchev–Trinajstić information content (AvgIpc) is 2.97. The van der Waals surface area contributed by atoms with Gasteiger partial charge in [-0.2, -0.15) is 16.9 Å². The topological polar surface area (TPSA) is 66.7 Å². The molecule has 5 nitrogen and oxygen atoms in total. The highest BCUT2D eigenvalue weighted by molar-refractivity contribution is 7.97. The molecule has 0 fully saturated rings. The van der Waals surface area contributed by atoms with Crippen molar-refractivity contribution < 1.29 is 4.42 Å². The first kappa shape index (κ1) is 12.2. The van der Waals surface area contributed by atoms with E-state index in [1.807, 2.05) is 19.1 Å². The monoisotopic (exact) mass is 252 g/mol. The molecule has 2 aromatic heterocycles. The van der Waals surface area contributed by atoms with E-state index in [0.29, 0.717) is 6.54 Å². The second-order valence-corrected chi connectivity index (χ2v) is 4.64. The largest absolute Gasteiger partial charge is 0.464 e. The van der Waals surface area contributed by atoms with Crippen LogP contribution in [0.2, 0.25) is 0 Å². The highest BCUT2D eigenvalue weighted by Gasteiger charge is 2.08. The first-order valence-electron chi connectivity index (χ1n) is 5.44. The molecule has 2 heterocycles. The smallest absolute Gasteiger partial charge is 0.141 e. The molecule has 1 atom stereocenters. The van der Waals surface area contributed by atoms with Crippen molar-refractivity contribution in [2.45, 2.75) is 25.3 Å². The van der Waals surface area contributed by atoms with Crippen LogP contribution in [0.15, 0.2) is 22.9 Å². The fourth-order valence-electron chi connectivity index (χ4n) is 1.51. The van der Waals surface area contributed by atoms with Gasteiger partial charge in [-0.05, 0) is 25.3 Å². The molecule has 2 aromatic rings. The number of thioether (sulfide) groups is 1. The maximum Gasteiger partial charge on any atom is 0.141 e. The molecule has 0 aliphatic heterocycles. The van der Waals surface area contributed by atoms with Crippen LogP contribution in [0.4, 0.5) is 0 Å². The number of nitrogens with zero attached hydrogens (tertiary/aromatic N) is 2. The number of furan rings is 1. The van der Waals surface area contributed by atoms with Crippen LogP contribution in [0.3, 0.4) is 0 Å². The normalized spacial score (nSPS) is 12.8. The molecular weight excluding hydrogens is 236 g/mol. The van der Waals surface area contributed by atoms with Crippen molar-refractivity contribution in [2.75, 3.05) is 6.26 Å². The molecule has 0 saturated heterocycles. The van der Waals surface area contributed by atoms with Crippen molar-refractivity contribution in [1.29, 1.82) is 0 Å². The predicted molar refractivity (Wildman–Crippen MR) is 67.6 cm³/mol. The first-order chi connectivity index (χ1) is 8.29. The standard InChI is InChI=1S/C11H16N4OS/c1-8(11-13-7-14-15-11)12-5-9-3-4-10(16-9)6-17-2/h3-4,7-8,12H,5-6H2,1-2H3,(H,13,14,15). The van der Waals surface area contributed by atoms with E-state index < -0.39 is 0 Å². The zero-order valence-electron chi connectivity index (χ0n) is 9.93. The molecule has 0 saturated carbocycles. The molecule has 0 aliphatic rings. The summed E-state index contributed by atoms with van der Waals surface area (Å²) in [5.41, 5.74) is 0. The molecule has 0 spiro atoms. The van der Waals surface area contributed by atoms with Gasteiger partial charge in [0, 0.05) is 0 Å². The van der Waals surface area contributed by atoms with Crippen molar-refractivity contribution in [3.8, 4) is 0 Å². The Kier molecular flexibility index (Phi) is 4.22. The lowest BCUT2D eigenvalue weighted by Crippen LogP contribution is -2.18. The molecule has 0 aliphatic carbocycles. The summed E-state index contributed by atoms with van der Waals surface area (Å²) in [5, 5.41) is 9.99. The van der Waals surface area contributed by atoms with Crippen molar-refractivity contribution in [3.63, 3.8) is 0 Å². The van der Waals surface area contributed by atoms with Gasteiger partial charge in [-0.1, -0.05) is 0 Å². The van der Waals surface area contributed by atoms with Crippen molar-refractivity contribution in [2.24, 2.45) is 0 Å². The minimum atomic E-state index is 0.131. The second kappa shape index (κ2) is 5.88. The Hall–Kier alpha value is -1.27. The van der Waals surface area contributed by atoms with Crippen LogP contribution in [-0.4, -0.2) is 21.4 Å². The Morgan fingerprint density at radius 1 is 1.47 bits per heavy atom. The number of hydrogen-bond donors (Lipinski definition) is 2. The highest BCUT2D eigenvalue weighted by atomic mass is 32.2. The van der Waals surface area contributed by atoms with Gasteiger partial charge in [-0.3, -0.25) is 5.10 Å². The molecule has 0 radical (unpaired) electrons. The quantitative estimate of drug-likeness (QED) is 0.824. The van der Waals surface area contributed by atoms with E-state index in [1.165, 1.54) is 6.33 Å². The SMILES string of the molecule is CSCc1ccc(CNC(C)c2ncn[nH]2)o1. The molecule has 17 heavy (non-hydrogen) atoms. The van der Waals surface area contributed by atoms with Gasteiger partial charge in [0.2, 0.25) is 0 Å². The van der Waals surface area contributed by atoms with E-state index in [1.54, 1.807) is 11.8 Å². The summed E-state index contributed by atoms with van der Waals surface area (Å²) in [4.78, 5) is 4.10. The Labute approximate surface area is 104 Å². The summed E-state index contributed by atoms with van der Waals surface area (Å²) in [6.07, 6.45) is 3.57. The maximum absolute atomic E-state index is 5.66. The lowest BCUT2D eigenvalue weighted by atomic mass is 10.3. The van der Waals surface area contributed by atoms with Gasteiger partial charge in [0.05, 0.1) is 18.3 Å². The third kappa shape index (κ3) is 3.34. The average molecular weight is 252 g/mol. The van der Waals surface area contributed by atoms with Gasteiger partial charge in [0.25, 0.3) is 0 Å². The number of hydrogen-bond acceptors (Lipinski definition) is 5. The number of aromatic nitrogens is 3. The van der Waals surface area contributed by atoms with Crippen molar-refractivity contribution in [1.82, 2.24) is 20.5 Å². The molecule has 2 rings (SSSR count). The fourth-order valence-corrected chi connectivity index (χ4v) is 1.95. The first-order valence-corrected chi connectivity index (χ1v) is 6.84. The van der Waals surface area contributed by atoms with Gasteiger partial charge in [-0.25, -0.2) is 4.98 Å². The Morgan fingerprint density at radius 3 is 3.00 bits per heavy atom. The zero-order chi connectivity index (χ0) is 12.1. The van der Waals surface area contributed by atoms with E-state index in [4.69, 9.17) is 4.42 Å². The predicted octanol–water partition coefficient (Wildman–Crippen LogP) is 2.11. The van der Waals surface area contributed by atoms with Crippen LogP contribution >= 0.6 is 11.8 Å². The zero-order valence-corrected chi connectivity index (χ0v) is 10.8. The molecule has 0 aromatic carbocycles. The van der Waals surface area contributed by atoms with Crippen LogP contribution in [-0.2, 0) is 12.3 Å². The third-order valence-electron chi connectivity index (χ3n) is 2.43. The number of aromatic amines is 1. The summed E-state index contributed by atoms with van der Waals surface area (Å²) in [6.45, 7) is 2.72. The molecule has 1 unspecified atom stereocenters. The van der Waals surface area contributed by atoms with Crippen LogP contribution in [0, 0.1) is 0 Å². The Bertz CT molecular complexity index is 440. The second-order valence-electron chi connectivity index (χ2n) is 3.77. The summed E-state index contributed by atoms with van der Waals surface area (Å²) >= 11 is 1.75. The number of rotatable bonds is 6. The molecule has 6 heteroatoms. The van der Waals surface area contributed by atoms with E-state index in [2.05, 4.69) is 26.8 Å². The van der Waals surface area contributed by atoms with Crippen LogP contribution < -0.4 is 5.32 Å². The van der Waals surface area contributed by atoms with E-state index >= 15 is 0 Å². The van der Waals surface area contributed by atoms with Gasteiger partial charge < -0.3 is 9.73 Å². The van der Waals surface area contributed by atoms with Gasteiger partial charge >= 0.3 is 0 Å². The molecular formula is C11H16N4OS. The van der Waals surface area contributed by atoms with Gasteiger partial charge in [0.1, 0.15) is 23.7 Å². The molecule has 92 valence electrons.